The maximum absolute atomic E-state index is 12.7. The van der Waals surface area contributed by atoms with Crippen molar-refractivity contribution in [3.8, 4) is 6.07 Å². The van der Waals surface area contributed by atoms with Gasteiger partial charge in [-0.05, 0) is 17.7 Å². The van der Waals surface area contributed by atoms with Crippen LogP contribution in [-0.2, 0) is 6.42 Å². The van der Waals surface area contributed by atoms with Crippen LogP contribution in [0.3, 0.4) is 0 Å². The highest BCUT2D eigenvalue weighted by Gasteiger charge is 2.04. The molecular weight excluding hydrogens is 157 g/mol. The zero-order valence-electron chi connectivity index (χ0n) is 6.34. The Hall–Kier alpha value is -1.76. The minimum absolute atomic E-state index is 0.0226. The average molecular weight is 165 g/mol. The van der Waals surface area contributed by atoms with E-state index >= 15 is 0 Å². The van der Waals surface area contributed by atoms with E-state index in [9.17, 15) is 4.39 Å². The molecule has 0 aliphatic rings. The van der Waals surface area contributed by atoms with Gasteiger partial charge >= 0.3 is 0 Å². The molecule has 0 radical (unpaired) electrons. The Bertz CT molecular complexity index is 341. The number of nitrogens with zero attached hydrogens (tertiary/aromatic N) is 1. The largest absolute Gasteiger partial charge is 0.398 e. The van der Waals surface area contributed by atoms with Gasteiger partial charge in [-0.25, -0.2) is 4.39 Å². The molecule has 3 nitrogen and oxygen atoms in total. The number of hydrogen-bond acceptors (Lipinski definition) is 3. The summed E-state index contributed by atoms with van der Waals surface area (Å²) in [5.74, 6) is -0.547. The van der Waals surface area contributed by atoms with Crippen molar-refractivity contribution in [2.45, 2.75) is 6.42 Å². The second-order valence-corrected chi connectivity index (χ2v) is 2.41. The monoisotopic (exact) mass is 165 g/mol. The third-order valence-corrected chi connectivity index (χ3v) is 1.53. The molecule has 1 aromatic rings. The SMILES string of the molecule is N#CCc1cc(N)c(F)cc1N. The predicted molar refractivity (Wildman–Crippen MR) is 44.5 cm³/mol. The van der Waals surface area contributed by atoms with Crippen molar-refractivity contribution in [2.75, 3.05) is 11.5 Å². The molecule has 0 aliphatic heterocycles. The number of nitrogen functional groups attached to an aromatic ring is 2. The molecule has 0 heterocycles. The van der Waals surface area contributed by atoms with Crippen molar-refractivity contribution in [3.05, 3.63) is 23.5 Å². The third kappa shape index (κ3) is 1.45. The highest BCUT2D eigenvalue weighted by atomic mass is 19.1. The fourth-order valence-electron chi connectivity index (χ4n) is 0.891. The maximum atomic E-state index is 12.7. The molecule has 0 atom stereocenters. The Morgan fingerprint density at radius 2 is 2.00 bits per heavy atom. The van der Waals surface area contributed by atoms with Gasteiger partial charge in [-0.2, -0.15) is 5.26 Å². The third-order valence-electron chi connectivity index (χ3n) is 1.53. The van der Waals surface area contributed by atoms with Crippen LogP contribution in [-0.4, -0.2) is 0 Å². The van der Waals surface area contributed by atoms with Gasteiger partial charge in [0.05, 0.1) is 18.2 Å². The standard InChI is InChI=1S/C8H8FN3/c9-6-4-7(11)5(1-2-10)3-8(6)12/h3-4H,1,11-12H2. The van der Waals surface area contributed by atoms with Crippen molar-refractivity contribution in [1.29, 1.82) is 5.26 Å². The van der Waals surface area contributed by atoms with Crippen molar-refractivity contribution in [2.24, 2.45) is 0 Å². The number of hydrogen-bond donors (Lipinski definition) is 2. The summed E-state index contributed by atoms with van der Waals surface area (Å²) in [6.45, 7) is 0. The van der Waals surface area contributed by atoms with Crippen LogP contribution in [0, 0.1) is 17.1 Å². The van der Waals surface area contributed by atoms with E-state index in [0.29, 0.717) is 5.56 Å². The van der Waals surface area contributed by atoms with Gasteiger partial charge < -0.3 is 11.5 Å². The van der Waals surface area contributed by atoms with Gasteiger partial charge in [-0.15, -0.1) is 0 Å². The first-order valence-corrected chi connectivity index (χ1v) is 3.35. The molecule has 1 rings (SSSR count). The highest BCUT2D eigenvalue weighted by Crippen LogP contribution is 2.19. The second kappa shape index (κ2) is 3.09. The van der Waals surface area contributed by atoms with Gasteiger partial charge in [-0.3, -0.25) is 0 Å². The fraction of sp³-hybridized carbons (Fsp3) is 0.125. The van der Waals surface area contributed by atoms with Gasteiger partial charge in [0.1, 0.15) is 5.82 Å². The van der Waals surface area contributed by atoms with Crippen LogP contribution in [0.1, 0.15) is 5.56 Å². The molecule has 0 saturated heterocycles. The van der Waals surface area contributed by atoms with E-state index in [1.807, 2.05) is 6.07 Å². The molecule has 0 fully saturated rings. The Morgan fingerprint density at radius 3 is 2.58 bits per heavy atom. The van der Waals surface area contributed by atoms with Crippen LogP contribution in [0.5, 0.6) is 0 Å². The lowest BCUT2D eigenvalue weighted by molar-refractivity contribution is 0.632. The molecule has 0 amide bonds. The van der Waals surface area contributed by atoms with Crippen LogP contribution in [0.15, 0.2) is 12.1 Å². The molecular formula is C8H8FN3. The minimum Gasteiger partial charge on any atom is -0.398 e. The molecule has 0 spiro atoms. The number of nitriles is 1. The first-order chi connectivity index (χ1) is 5.65. The molecule has 0 aromatic heterocycles. The number of benzene rings is 1. The fourth-order valence-corrected chi connectivity index (χ4v) is 0.891. The van der Waals surface area contributed by atoms with E-state index < -0.39 is 5.82 Å². The minimum atomic E-state index is -0.547. The molecule has 0 unspecified atom stereocenters. The summed E-state index contributed by atoms with van der Waals surface area (Å²) in [6.07, 6.45) is 0.149. The molecule has 1 aromatic carbocycles. The van der Waals surface area contributed by atoms with Gasteiger partial charge in [-0.1, -0.05) is 0 Å². The number of anilines is 2. The van der Waals surface area contributed by atoms with E-state index in [1.165, 1.54) is 6.07 Å². The van der Waals surface area contributed by atoms with Gasteiger partial charge in [0.25, 0.3) is 0 Å². The molecule has 4 N–H and O–H groups in total. The van der Waals surface area contributed by atoms with E-state index in [1.54, 1.807) is 0 Å². The van der Waals surface area contributed by atoms with Crippen LogP contribution in [0.25, 0.3) is 0 Å². The molecule has 62 valence electrons. The van der Waals surface area contributed by atoms with E-state index in [-0.39, 0.29) is 17.8 Å². The molecule has 0 bridgehead atoms. The van der Waals surface area contributed by atoms with Crippen LogP contribution >= 0.6 is 0 Å². The molecule has 12 heavy (non-hydrogen) atoms. The first kappa shape index (κ1) is 8.34. The zero-order chi connectivity index (χ0) is 9.14. The quantitative estimate of drug-likeness (QED) is 0.611. The van der Waals surface area contributed by atoms with Gasteiger partial charge in [0.2, 0.25) is 0 Å². The van der Waals surface area contributed by atoms with Crippen LogP contribution in [0.4, 0.5) is 15.8 Å². The zero-order valence-corrected chi connectivity index (χ0v) is 6.34. The van der Waals surface area contributed by atoms with Crippen LogP contribution in [0.2, 0.25) is 0 Å². The highest BCUT2D eigenvalue weighted by molar-refractivity contribution is 5.56. The number of rotatable bonds is 1. The van der Waals surface area contributed by atoms with Crippen molar-refractivity contribution in [3.63, 3.8) is 0 Å². The Balaban J connectivity index is 3.16. The van der Waals surface area contributed by atoms with Crippen molar-refractivity contribution >= 4 is 11.4 Å². The Morgan fingerprint density at radius 1 is 1.33 bits per heavy atom. The molecule has 4 heteroatoms. The summed E-state index contributed by atoms with van der Waals surface area (Å²) in [4.78, 5) is 0. The summed E-state index contributed by atoms with van der Waals surface area (Å²) in [7, 11) is 0. The lowest BCUT2D eigenvalue weighted by atomic mass is 10.1. The van der Waals surface area contributed by atoms with Crippen LogP contribution < -0.4 is 11.5 Å². The lowest BCUT2D eigenvalue weighted by Crippen LogP contribution is -1.98. The summed E-state index contributed by atoms with van der Waals surface area (Å²) in [6, 6.07) is 4.42. The normalized spacial score (nSPS) is 9.33. The van der Waals surface area contributed by atoms with Crippen molar-refractivity contribution < 1.29 is 4.39 Å². The second-order valence-electron chi connectivity index (χ2n) is 2.41. The number of halogens is 1. The van der Waals surface area contributed by atoms with E-state index in [2.05, 4.69) is 0 Å². The van der Waals surface area contributed by atoms with E-state index in [0.717, 1.165) is 6.07 Å². The lowest BCUT2D eigenvalue weighted by Gasteiger charge is -2.03. The molecule has 0 saturated carbocycles. The summed E-state index contributed by atoms with van der Waals surface area (Å²) >= 11 is 0. The summed E-state index contributed by atoms with van der Waals surface area (Å²) < 4.78 is 12.7. The topological polar surface area (TPSA) is 75.8 Å². The van der Waals surface area contributed by atoms with Crippen molar-refractivity contribution in [1.82, 2.24) is 0 Å². The summed E-state index contributed by atoms with van der Waals surface area (Å²) in [5.41, 5.74) is 11.6. The van der Waals surface area contributed by atoms with Gasteiger partial charge in [0.15, 0.2) is 0 Å². The summed E-state index contributed by atoms with van der Waals surface area (Å²) in [5, 5.41) is 8.36. The predicted octanol–water partition coefficient (Wildman–Crippen LogP) is 1.06. The van der Waals surface area contributed by atoms with E-state index in [4.69, 9.17) is 16.7 Å². The smallest absolute Gasteiger partial charge is 0.148 e. The Kier molecular flexibility index (Phi) is 2.15. The molecule has 0 aliphatic carbocycles. The average Bonchev–Trinajstić information content (AvgIpc) is 2.01. The Labute approximate surface area is 69.4 Å². The first-order valence-electron chi connectivity index (χ1n) is 3.35. The maximum Gasteiger partial charge on any atom is 0.148 e. The van der Waals surface area contributed by atoms with Gasteiger partial charge in [0, 0.05) is 5.69 Å². The number of nitrogens with two attached hydrogens (primary N) is 2.